The number of hydrogen-bond donors (Lipinski definition) is 2. The average Bonchev–Trinajstić information content (AvgIpc) is 3.40. The number of tetrazole rings is 1. The Morgan fingerprint density at radius 2 is 1.64 bits per heavy atom. The van der Waals surface area contributed by atoms with Gasteiger partial charge in [0.05, 0.1) is 18.4 Å². The summed E-state index contributed by atoms with van der Waals surface area (Å²) in [5, 5.41) is 26.2. The van der Waals surface area contributed by atoms with Crippen LogP contribution in [0.5, 0.6) is 0 Å². The summed E-state index contributed by atoms with van der Waals surface area (Å²) in [4.78, 5) is 1.68. The first-order chi connectivity index (χ1) is 17.2. The molecule has 3 rings (SSSR count). The average molecular weight is 494 g/mol. The second-order valence-electron chi connectivity index (χ2n) is 8.17. The van der Waals surface area contributed by atoms with Crippen LogP contribution in [-0.4, -0.2) is 44.3 Å². The molecule has 0 radical (unpaired) electrons. The molecule has 1 heterocycles. The van der Waals surface area contributed by atoms with Gasteiger partial charge in [-0.1, -0.05) is 55.1 Å². The van der Waals surface area contributed by atoms with Crippen molar-refractivity contribution in [1.82, 2.24) is 25.5 Å². The predicted molar refractivity (Wildman–Crippen MR) is 134 cm³/mol. The third-order valence-corrected chi connectivity index (χ3v) is 5.80. The first-order valence-electron chi connectivity index (χ1n) is 11.2. The van der Waals surface area contributed by atoms with Gasteiger partial charge in [-0.05, 0) is 44.2 Å². The van der Waals surface area contributed by atoms with E-state index in [9.17, 15) is 5.11 Å². The van der Waals surface area contributed by atoms with E-state index in [0.717, 1.165) is 5.57 Å². The van der Waals surface area contributed by atoms with Crippen molar-refractivity contribution in [2.75, 3.05) is 13.7 Å². The second-order valence-corrected chi connectivity index (χ2v) is 8.17. The minimum absolute atomic E-state index is 0.0446. The summed E-state index contributed by atoms with van der Waals surface area (Å²) in [6.45, 7) is 13.9. The molecule has 3 aromatic rings. The molecule has 1 aromatic heterocycles. The molecule has 0 atom stereocenters. The Kier molecular flexibility index (Phi) is 8.16. The summed E-state index contributed by atoms with van der Waals surface area (Å²) in [7, 11) is 1.46. The number of nitrogens with one attached hydrogen (secondary N) is 1. The van der Waals surface area contributed by atoms with Crippen LogP contribution < -0.4 is 0 Å². The summed E-state index contributed by atoms with van der Waals surface area (Å²) >= 11 is 0. The number of nitrogens with zero attached hydrogens (tertiary/aromatic N) is 4. The SMILES string of the molecule is C=C(OC)/C(=C\C(=C(C)C)N(CC)C(=C)C(O)(c1ccccc1F)c1ccccc1F)c1nn[nH]n1. The minimum atomic E-state index is -2.23. The highest BCUT2D eigenvalue weighted by molar-refractivity contribution is 5.74. The monoisotopic (exact) mass is 493 g/mol. The van der Waals surface area contributed by atoms with Gasteiger partial charge in [-0.25, -0.2) is 8.78 Å². The number of H-pyrrole nitrogens is 1. The number of hydrogen-bond acceptors (Lipinski definition) is 6. The van der Waals surface area contributed by atoms with Crippen LogP contribution in [-0.2, 0) is 10.3 Å². The first kappa shape index (κ1) is 26.5. The molecule has 0 unspecified atom stereocenters. The van der Waals surface area contributed by atoms with Crippen molar-refractivity contribution in [2.24, 2.45) is 0 Å². The van der Waals surface area contributed by atoms with Crippen LogP contribution in [0.25, 0.3) is 5.57 Å². The summed E-state index contributed by atoms with van der Waals surface area (Å²) < 4.78 is 35.6. The molecule has 36 heavy (non-hydrogen) atoms. The van der Waals surface area contributed by atoms with Gasteiger partial charge < -0.3 is 14.7 Å². The third kappa shape index (κ3) is 4.96. The van der Waals surface area contributed by atoms with Gasteiger partial charge in [-0.2, -0.15) is 5.21 Å². The molecule has 2 aromatic carbocycles. The molecule has 0 saturated carbocycles. The van der Waals surface area contributed by atoms with Crippen LogP contribution >= 0.6 is 0 Å². The molecule has 188 valence electrons. The van der Waals surface area contributed by atoms with Crippen molar-refractivity contribution in [1.29, 1.82) is 0 Å². The number of halogens is 2. The number of ether oxygens (including phenoxy) is 1. The number of likely N-dealkylation sites (N-methyl/N-ethyl adjacent to an activating group) is 1. The van der Waals surface area contributed by atoms with Gasteiger partial charge in [0.1, 0.15) is 17.4 Å². The Labute approximate surface area is 209 Å². The lowest BCUT2D eigenvalue weighted by Gasteiger charge is -2.39. The van der Waals surface area contributed by atoms with Crippen molar-refractivity contribution in [3.63, 3.8) is 0 Å². The Balaban J connectivity index is 2.25. The zero-order valence-electron chi connectivity index (χ0n) is 20.7. The topological polar surface area (TPSA) is 87.2 Å². The Bertz CT molecular complexity index is 1270. The lowest BCUT2D eigenvalue weighted by Crippen LogP contribution is -2.40. The number of aromatic amines is 1. The Morgan fingerprint density at radius 3 is 2.06 bits per heavy atom. The van der Waals surface area contributed by atoms with Gasteiger partial charge in [-0.3, -0.25) is 0 Å². The van der Waals surface area contributed by atoms with Gasteiger partial charge >= 0.3 is 0 Å². The third-order valence-electron chi connectivity index (χ3n) is 5.80. The molecule has 0 bridgehead atoms. The van der Waals surface area contributed by atoms with Crippen molar-refractivity contribution in [3.8, 4) is 0 Å². The van der Waals surface area contributed by atoms with Gasteiger partial charge in [-0.15, -0.1) is 10.2 Å². The maximum absolute atomic E-state index is 15.1. The molecule has 0 spiro atoms. The molecule has 2 N–H and O–H groups in total. The van der Waals surface area contributed by atoms with E-state index < -0.39 is 17.2 Å². The zero-order valence-corrected chi connectivity index (χ0v) is 20.7. The zero-order chi connectivity index (χ0) is 26.5. The van der Waals surface area contributed by atoms with Crippen LogP contribution in [0.2, 0.25) is 0 Å². The normalized spacial score (nSPS) is 11.7. The summed E-state index contributed by atoms with van der Waals surface area (Å²) in [5.41, 5.74) is -0.632. The maximum atomic E-state index is 15.1. The fourth-order valence-corrected chi connectivity index (χ4v) is 3.95. The fourth-order valence-electron chi connectivity index (χ4n) is 3.95. The molecule has 0 aliphatic carbocycles. The summed E-state index contributed by atoms with van der Waals surface area (Å²) in [6.07, 6.45) is 1.71. The quantitative estimate of drug-likeness (QED) is 0.302. The van der Waals surface area contributed by atoms with E-state index in [-0.39, 0.29) is 28.4 Å². The fraction of sp³-hybridized carbons (Fsp3) is 0.222. The molecular weight excluding hydrogens is 464 g/mol. The van der Waals surface area contributed by atoms with Crippen LogP contribution in [0.3, 0.4) is 0 Å². The molecular formula is C27H29F2N5O2. The number of rotatable bonds is 10. The Hall–Kier alpha value is -4.11. The molecule has 0 amide bonds. The lowest BCUT2D eigenvalue weighted by atomic mass is 9.82. The second kappa shape index (κ2) is 11.1. The molecule has 0 aliphatic heterocycles. The number of aliphatic hydroxyl groups is 1. The molecule has 0 fully saturated rings. The maximum Gasteiger partial charge on any atom is 0.208 e. The Morgan fingerprint density at radius 1 is 1.08 bits per heavy atom. The van der Waals surface area contributed by atoms with E-state index in [4.69, 9.17) is 4.74 Å². The number of benzene rings is 2. The van der Waals surface area contributed by atoms with Crippen molar-refractivity contribution in [3.05, 3.63) is 119 Å². The van der Waals surface area contributed by atoms with E-state index in [2.05, 4.69) is 33.8 Å². The van der Waals surface area contributed by atoms with Gasteiger partial charge in [0.25, 0.3) is 0 Å². The lowest BCUT2D eigenvalue weighted by molar-refractivity contribution is 0.0846. The van der Waals surface area contributed by atoms with E-state index >= 15 is 8.78 Å². The van der Waals surface area contributed by atoms with E-state index in [0.29, 0.717) is 17.8 Å². The van der Waals surface area contributed by atoms with Crippen molar-refractivity contribution in [2.45, 2.75) is 26.4 Å². The summed E-state index contributed by atoms with van der Waals surface area (Å²) in [5.74, 6) is -0.888. The van der Waals surface area contributed by atoms with Crippen molar-refractivity contribution >= 4 is 5.57 Å². The highest BCUT2D eigenvalue weighted by Gasteiger charge is 2.42. The van der Waals surface area contributed by atoms with Crippen LogP contribution in [0.4, 0.5) is 8.78 Å². The molecule has 0 aliphatic rings. The van der Waals surface area contributed by atoms with Crippen LogP contribution in [0.1, 0.15) is 37.7 Å². The largest absolute Gasteiger partial charge is 0.497 e. The highest BCUT2D eigenvalue weighted by Crippen LogP contribution is 2.42. The van der Waals surface area contributed by atoms with Gasteiger partial charge in [0, 0.05) is 23.4 Å². The molecule has 7 nitrogen and oxygen atoms in total. The number of allylic oxidation sites excluding steroid dienone is 3. The van der Waals surface area contributed by atoms with E-state index in [1.54, 1.807) is 23.1 Å². The summed E-state index contributed by atoms with van der Waals surface area (Å²) in [6, 6.07) is 11.4. The van der Waals surface area contributed by atoms with Crippen molar-refractivity contribution < 1.29 is 18.6 Å². The van der Waals surface area contributed by atoms with E-state index in [1.807, 2.05) is 20.8 Å². The first-order valence-corrected chi connectivity index (χ1v) is 11.2. The standard InChI is InChI=1S/C27H29F2N5O2/c1-7-34(25(17(2)3)16-20(18(4)36-6)26-30-32-33-31-26)19(5)27(35,21-12-8-10-14-23(21)28)22-13-9-11-15-24(22)29/h8-16,35H,4-5,7H2,1-3,6H3,(H,30,31,32,33)/b20-16+. The number of methoxy groups -OCH3 is 1. The highest BCUT2D eigenvalue weighted by atomic mass is 19.1. The molecule has 9 heteroatoms. The van der Waals surface area contributed by atoms with Gasteiger partial charge in [0.2, 0.25) is 5.82 Å². The van der Waals surface area contributed by atoms with Crippen LogP contribution in [0.15, 0.2) is 90.5 Å². The van der Waals surface area contributed by atoms with Crippen LogP contribution in [0, 0.1) is 11.6 Å². The minimum Gasteiger partial charge on any atom is -0.497 e. The van der Waals surface area contributed by atoms with Gasteiger partial charge in [0.15, 0.2) is 5.60 Å². The smallest absolute Gasteiger partial charge is 0.208 e. The predicted octanol–water partition coefficient (Wildman–Crippen LogP) is 5.09. The van der Waals surface area contributed by atoms with E-state index in [1.165, 1.54) is 43.5 Å². The molecule has 0 saturated heterocycles. The number of aromatic nitrogens is 4.